The number of amides is 1. The van der Waals surface area contributed by atoms with E-state index < -0.39 is 10.0 Å². The Kier molecular flexibility index (Phi) is 8.07. The van der Waals surface area contributed by atoms with E-state index in [-0.39, 0.29) is 23.3 Å². The van der Waals surface area contributed by atoms with Crippen molar-refractivity contribution in [3.8, 4) is 0 Å². The van der Waals surface area contributed by atoms with E-state index >= 15 is 0 Å². The van der Waals surface area contributed by atoms with E-state index in [0.29, 0.717) is 31.0 Å². The van der Waals surface area contributed by atoms with E-state index in [9.17, 15) is 13.2 Å². The third-order valence-corrected chi connectivity index (χ3v) is 8.75. The standard InChI is InChI=1S/C25H32ClN3O3S/c26-23-10-12-24(13-11-23)33(31,32)29-16-6-9-22(19-29)25(30)27-17-20-7-2-3-8-21(20)18-28-14-4-1-5-15-28/h2-3,7-8,10-13,22H,1,4-6,9,14-19H2,(H,27,30). The van der Waals surface area contributed by atoms with Crippen LogP contribution in [0.3, 0.4) is 0 Å². The Bertz CT molecular complexity index is 1050. The van der Waals surface area contributed by atoms with Crippen LogP contribution in [-0.2, 0) is 27.9 Å². The molecule has 0 aromatic heterocycles. The van der Waals surface area contributed by atoms with Gasteiger partial charge in [-0.3, -0.25) is 9.69 Å². The summed E-state index contributed by atoms with van der Waals surface area (Å²) in [7, 11) is -3.65. The molecule has 2 aromatic rings. The molecule has 6 nitrogen and oxygen atoms in total. The Balaban J connectivity index is 1.37. The number of rotatable bonds is 7. The highest BCUT2D eigenvalue weighted by atomic mass is 35.5. The van der Waals surface area contributed by atoms with Gasteiger partial charge in [0.25, 0.3) is 0 Å². The van der Waals surface area contributed by atoms with E-state index in [1.807, 2.05) is 12.1 Å². The number of piperidine rings is 2. The van der Waals surface area contributed by atoms with Crippen LogP contribution in [-0.4, -0.2) is 49.7 Å². The molecule has 4 rings (SSSR count). The number of carbonyl (C=O) groups excluding carboxylic acids is 1. The number of sulfonamides is 1. The Hall–Kier alpha value is -1.93. The van der Waals surface area contributed by atoms with Gasteiger partial charge in [-0.25, -0.2) is 8.42 Å². The van der Waals surface area contributed by atoms with Gasteiger partial charge in [-0.05, 0) is 74.2 Å². The quantitative estimate of drug-likeness (QED) is 0.637. The van der Waals surface area contributed by atoms with Crippen LogP contribution in [0.1, 0.15) is 43.2 Å². The van der Waals surface area contributed by atoms with Gasteiger partial charge in [-0.2, -0.15) is 4.31 Å². The predicted molar refractivity (Wildman–Crippen MR) is 130 cm³/mol. The number of likely N-dealkylation sites (tertiary alicyclic amines) is 1. The second kappa shape index (κ2) is 11.0. The van der Waals surface area contributed by atoms with E-state index in [0.717, 1.165) is 25.2 Å². The van der Waals surface area contributed by atoms with Crippen LogP contribution in [0.2, 0.25) is 5.02 Å². The van der Waals surface area contributed by atoms with Crippen molar-refractivity contribution in [2.45, 2.75) is 50.1 Å². The molecule has 2 fully saturated rings. The van der Waals surface area contributed by atoms with E-state index in [2.05, 4.69) is 22.3 Å². The van der Waals surface area contributed by atoms with Gasteiger partial charge < -0.3 is 5.32 Å². The molecule has 33 heavy (non-hydrogen) atoms. The minimum atomic E-state index is -3.65. The summed E-state index contributed by atoms with van der Waals surface area (Å²) in [5.41, 5.74) is 2.37. The highest BCUT2D eigenvalue weighted by Gasteiger charge is 2.33. The fourth-order valence-electron chi connectivity index (χ4n) is 4.70. The Morgan fingerprint density at radius 3 is 2.36 bits per heavy atom. The number of benzene rings is 2. The molecule has 0 spiro atoms. The molecule has 1 amide bonds. The highest BCUT2D eigenvalue weighted by Crippen LogP contribution is 2.25. The molecule has 0 bridgehead atoms. The maximum Gasteiger partial charge on any atom is 0.243 e. The van der Waals surface area contributed by atoms with Crippen molar-refractivity contribution in [2.75, 3.05) is 26.2 Å². The zero-order valence-corrected chi connectivity index (χ0v) is 20.5. The topological polar surface area (TPSA) is 69.7 Å². The molecule has 2 aromatic carbocycles. The molecule has 2 saturated heterocycles. The zero-order valence-electron chi connectivity index (χ0n) is 18.9. The van der Waals surface area contributed by atoms with Crippen molar-refractivity contribution in [2.24, 2.45) is 5.92 Å². The molecule has 1 N–H and O–H groups in total. The molecule has 2 heterocycles. The first kappa shape index (κ1) is 24.2. The largest absolute Gasteiger partial charge is 0.352 e. The SMILES string of the molecule is O=C(NCc1ccccc1CN1CCCCC1)C1CCCN(S(=O)(=O)c2ccc(Cl)cc2)C1. The molecule has 1 atom stereocenters. The molecule has 2 aliphatic heterocycles. The van der Waals surface area contributed by atoms with Crippen molar-refractivity contribution in [1.29, 1.82) is 0 Å². The predicted octanol–water partition coefficient (Wildman–Crippen LogP) is 4.04. The van der Waals surface area contributed by atoms with Gasteiger partial charge in [-0.15, -0.1) is 0 Å². The van der Waals surface area contributed by atoms with E-state index in [1.165, 1.54) is 41.3 Å². The van der Waals surface area contributed by atoms with Crippen LogP contribution < -0.4 is 5.32 Å². The second-order valence-electron chi connectivity index (χ2n) is 8.98. The molecule has 0 radical (unpaired) electrons. The molecule has 1 unspecified atom stereocenters. The summed E-state index contributed by atoms with van der Waals surface area (Å²) in [6.07, 6.45) is 5.15. The summed E-state index contributed by atoms with van der Waals surface area (Å²) >= 11 is 5.90. The third kappa shape index (κ3) is 6.15. The molecule has 2 aliphatic rings. The first-order valence-electron chi connectivity index (χ1n) is 11.8. The lowest BCUT2D eigenvalue weighted by Crippen LogP contribution is -2.45. The Morgan fingerprint density at radius 1 is 0.939 bits per heavy atom. The van der Waals surface area contributed by atoms with Crippen LogP contribution in [0.4, 0.5) is 0 Å². The Labute approximate surface area is 202 Å². The second-order valence-corrected chi connectivity index (χ2v) is 11.4. The van der Waals surface area contributed by atoms with Crippen LogP contribution in [0, 0.1) is 5.92 Å². The number of carbonyl (C=O) groups is 1. The van der Waals surface area contributed by atoms with Gasteiger partial charge in [-0.1, -0.05) is 42.3 Å². The van der Waals surface area contributed by atoms with Gasteiger partial charge in [0.15, 0.2) is 0 Å². The number of nitrogens with one attached hydrogen (secondary N) is 1. The summed E-state index contributed by atoms with van der Waals surface area (Å²) < 4.78 is 27.5. The van der Waals surface area contributed by atoms with Crippen molar-refractivity contribution in [3.63, 3.8) is 0 Å². The fraction of sp³-hybridized carbons (Fsp3) is 0.480. The van der Waals surface area contributed by atoms with Gasteiger partial charge in [0.2, 0.25) is 15.9 Å². The number of nitrogens with zero attached hydrogens (tertiary/aromatic N) is 2. The monoisotopic (exact) mass is 489 g/mol. The lowest BCUT2D eigenvalue weighted by molar-refractivity contribution is -0.126. The van der Waals surface area contributed by atoms with Gasteiger partial charge in [0.1, 0.15) is 0 Å². The third-order valence-electron chi connectivity index (χ3n) is 6.62. The zero-order chi connectivity index (χ0) is 23.3. The maximum absolute atomic E-state index is 13.0. The minimum absolute atomic E-state index is 0.0845. The lowest BCUT2D eigenvalue weighted by atomic mass is 9.98. The lowest BCUT2D eigenvalue weighted by Gasteiger charge is -2.31. The van der Waals surface area contributed by atoms with Crippen LogP contribution in [0.5, 0.6) is 0 Å². The average molecular weight is 490 g/mol. The first-order valence-corrected chi connectivity index (χ1v) is 13.6. The van der Waals surface area contributed by atoms with Crippen LogP contribution >= 0.6 is 11.6 Å². The number of hydrogen-bond donors (Lipinski definition) is 1. The molecular formula is C25H32ClN3O3S. The number of halogens is 1. The summed E-state index contributed by atoms with van der Waals surface area (Å²) in [4.78, 5) is 15.7. The highest BCUT2D eigenvalue weighted by molar-refractivity contribution is 7.89. The molecular weight excluding hydrogens is 458 g/mol. The normalized spacial score (nSPS) is 20.5. The summed E-state index contributed by atoms with van der Waals surface area (Å²) in [5.74, 6) is -0.436. The maximum atomic E-state index is 13.0. The van der Waals surface area contributed by atoms with Crippen molar-refractivity contribution < 1.29 is 13.2 Å². The minimum Gasteiger partial charge on any atom is -0.352 e. The van der Waals surface area contributed by atoms with E-state index in [4.69, 9.17) is 11.6 Å². The molecule has 0 saturated carbocycles. The molecule has 178 valence electrons. The Morgan fingerprint density at radius 2 is 1.64 bits per heavy atom. The van der Waals surface area contributed by atoms with Crippen LogP contribution in [0.15, 0.2) is 53.4 Å². The van der Waals surface area contributed by atoms with Gasteiger partial charge >= 0.3 is 0 Å². The van der Waals surface area contributed by atoms with Gasteiger partial charge in [0, 0.05) is 31.2 Å². The van der Waals surface area contributed by atoms with Crippen molar-refractivity contribution >= 4 is 27.5 Å². The van der Waals surface area contributed by atoms with E-state index in [1.54, 1.807) is 12.1 Å². The smallest absolute Gasteiger partial charge is 0.243 e. The number of hydrogen-bond acceptors (Lipinski definition) is 4. The van der Waals surface area contributed by atoms with Crippen LogP contribution in [0.25, 0.3) is 0 Å². The van der Waals surface area contributed by atoms with Crippen molar-refractivity contribution in [3.05, 3.63) is 64.7 Å². The average Bonchev–Trinajstić information content (AvgIpc) is 2.84. The fourth-order valence-corrected chi connectivity index (χ4v) is 6.35. The summed E-state index contributed by atoms with van der Waals surface area (Å²) in [6, 6.07) is 14.4. The van der Waals surface area contributed by atoms with Gasteiger partial charge in [0.05, 0.1) is 10.8 Å². The first-order chi connectivity index (χ1) is 15.9. The summed E-state index contributed by atoms with van der Waals surface area (Å²) in [5, 5.41) is 3.56. The molecule has 0 aliphatic carbocycles. The molecule has 8 heteroatoms. The summed E-state index contributed by atoms with van der Waals surface area (Å²) in [6.45, 7) is 4.24. The van der Waals surface area contributed by atoms with Crippen molar-refractivity contribution in [1.82, 2.24) is 14.5 Å².